The van der Waals surface area contributed by atoms with Gasteiger partial charge in [-0.25, -0.2) is 0 Å². The van der Waals surface area contributed by atoms with Gasteiger partial charge in [0.05, 0.1) is 25.6 Å². The van der Waals surface area contributed by atoms with Gasteiger partial charge in [-0.05, 0) is 60.1 Å². The first-order valence-corrected chi connectivity index (χ1v) is 14.5. The maximum atomic E-state index is 12.6. The van der Waals surface area contributed by atoms with Crippen molar-refractivity contribution in [3.05, 3.63) is 36.4 Å². The van der Waals surface area contributed by atoms with Gasteiger partial charge in [0.2, 0.25) is 11.8 Å². The third-order valence-electron chi connectivity index (χ3n) is 8.29. The molecule has 2 aliphatic rings. The number of methoxy groups -OCH3 is 2. The van der Waals surface area contributed by atoms with E-state index in [1.807, 2.05) is 36.4 Å². The van der Waals surface area contributed by atoms with Gasteiger partial charge in [0.1, 0.15) is 11.5 Å². The van der Waals surface area contributed by atoms with E-state index >= 15 is 0 Å². The van der Waals surface area contributed by atoms with Crippen molar-refractivity contribution in [2.24, 2.45) is 11.8 Å². The normalized spacial score (nSPS) is 16.6. The minimum atomic E-state index is 0.0341. The summed E-state index contributed by atoms with van der Waals surface area (Å²) in [5.41, 5.74) is 3.24. The number of hydrogen-bond acceptors (Lipinski definition) is 4. The van der Waals surface area contributed by atoms with Crippen LogP contribution >= 0.6 is 0 Å². The second-order valence-corrected chi connectivity index (χ2v) is 11.0. The number of rotatable bonds is 11. The van der Waals surface area contributed by atoms with Gasteiger partial charge in [-0.3, -0.25) is 9.59 Å². The molecule has 0 saturated heterocycles. The first-order valence-electron chi connectivity index (χ1n) is 14.5. The number of hydrogen-bond donors (Lipinski definition) is 2. The van der Waals surface area contributed by atoms with E-state index in [9.17, 15) is 9.59 Å². The highest BCUT2D eigenvalue weighted by atomic mass is 16.5. The van der Waals surface area contributed by atoms with Crippen LogP contribution in [0.25, 0.3) is 11.1 Å². The molecule has 2 amide bonds. The Hall–Kier alpha value is -3.02. The molecule has 0 spiro atoms. The summed E-state index contributed by atoms with van der Waals surface area (Å²) < 4.78 is 11.2. The molecule has 38 heavy (non-hydrogen) atoms. The molecule has 6 heteroatoms. The summed E-state index contributed by atoms with van der Waals surface area (Å²) >= 11 is 0. The van der Waals surface area contributed by atoms with Crippen molar-refractivity contribution in [1.29, 1.82) is 0 Å². The van der Waals surface area contributed by atoms with Crippen molar-refractivity contribution in [3.8, 4) is 22.6 Å². The van der Waals surface area contributed by atoms with Gasteiger partial charge >= 0.3 is 0 Å². The number of nitrogens with one attached hydrogen (secondary N) is 2. The Morgan fingerprint density at radius 1 is 0.658 bits per heavy atom. The highest BCUT2D eigenvalue weighted by molar-refractivity contribution is 5.94. The molecule has 0 bridgehead atoms. The van der Waals surface area contributed by atoms with E-state index in [2.05, 4.69) is 10.6 Å². The van der Waals surface area contributed by atoms with Crippen LogP contribution in [0.1, 0.15) is 89.9 Å². The molecule has 2 fully saturated rings. The molecule has 206 valence electrons. The van der Waals surface area contributed by atoms with Crippen LogP contribution in [0.15, 0.2) is 36.4 Å². The Balaban J connectivity index is 1.36. The van der Waals surface area contributed by atoms with Gasteiger partial charge in [0.25, 0.3) is 0 Å². The van der Waals surface area contributed by atoms with Crippen molar-refractivity contribution in [3.63, 3.8) is 0 Å². The summed E-state index contributed by atoms with van der Waals surface area (Å²) in [4.78, 5) is 25.2. The highest BCUT2D eigenvalue weighted by Crippen LogP contribution is 2.36. The summed E-state index contributed by atoms with van der Waals surface area (Å²) in [5, 5.41) is 6.06. The van der Waals surface area contributed by atoms with Crippen LogP contribution in [0.2, 0.25) is 0 Å². The van der Waals surface area contributed by atoms with Crippen LogP contribution in [0.4, 0.5) is 11.4 Å². The molecule has 6 nitrogen and oxygen atoms in total. The lowest BCUT2D eigenvalue weighted by Gasteiger charge is -2.21. The molecule has 0 heterocycles. The Morgan fingerprint density at radius 3 is 1.42 bits per heavy atom. The molecule has 0 aliphatic heterocycles. The number of anilines is 2. The van der Waals surface area contributed by atoms with Crippen molar-refractivity contribution < 1.29 is 19.1 Å². The van der Waals surface area contributed by atoms with Crippen molar-refractivity contribution in [1.82, 2.24) is 0 Å². The largest absolute Gasteiger partial charge is 0.495 e. The topological polar surface area (TPSA) is 76.7 Å². The van der Waals surface area contributed by atoms with Gasteiger partial charge in [0, 0.05) is 12.8 Å². The smallest absolute Gasteiger partial charge is 0.224 e. The number of benzene rings is 2. The summed E-state index contributed by atoms with van der Waals surface area (Å²) in [5.74, 6) is 2.66. The molecule has 2 aromatic carbocycles. The monoisotopic (exact) mass is 520 g/mol. The van der Waals surface area contributed by atoms with Crippen LogP contribution in [0.5, 0.6) is 11.5 Å². The van der Waals surface area contributed by atoms with Crippen molar-refractivity contribution in [2.45, 2.75) is 89.9 Å². The van der Waals surface area contributed by atoms with Crippen molar-refractivity contribution >= 4 is 23.2 Å². The lowest BCUT2D eigenvalue weighted by Crippen LogP contribution is -2.15. The van der Waals surface area contributed by atoms with E-state index in [4.69, 9.17) is 9.47 Å². The number of ether oxygens (including phenoxy) is 2. The fourth-order valence-corrected chi connectivity index (χ4v) is 6.00. The van der Waals surface area contributed by atoms with E-state index in [0.29, 0.717) is 47.6 Å². The summed E-state index contributed by atoms with van der Waals surface area (Å²) in [6, 6.07) is 11.6. The lowest BCUT2D eigenvalue weighted by molar-refractivity contribution is -0.117. The van der Waals surface area contributed by atoms with E-state index in [-0.39, 0.29) is 11.8 Å². The number of carbonyl (C=O) groups excluding carboxylic acids is 2. The molecular formula is C32H44N2O4. The maximum Gasteiger partial charge on any atom is 0.224 e. The minimum Gasteiger partial charge on any atom is -0.495 e. The van der Waals surface area contributed by atoms with Crippen LogP contribution < -0.4 is 20.1 Å². The summed E-state index contributed by atoms with van der Waals surface area (Å²) in [6.45, 7) is 0. The van der Waals surface area contributed by atoms with Crippen LogP contribution in [-0.4, -0.2) is 26.0 Å². The van der Waals surface area contributed by atoms with E-state index in [1.165, 1.54) is 64.2 Å². The Bertz CT molecular complexity index is 986. The van der Waals surface area contributed by atoms with Crippen LogP contribution in [-0.2, 0) is 9.59 Å². The summed E-state index contributed by atoms with van der Waals surface area (Å²) in [7, 11) is 3.23. The standard InChI is InChI=1S/C32H44N2O4/c1-37-29-21-25(15-17-27(29)33-31(35)19-13-23-9-5-3-6-10-23)26-16-18-28(30(22-26)38-2)34-32(36)20-14-24-11-7-4-8-12-24/h15-18,21-24H,3-14,19-20H2,1-2H3,(H,33,35)(H,34,36). The maximum absolute atomic E-state index is 12.6. The zero-order valence-electron chi connectivity index (χ0n) is 23.2. The first-order chi connectivity index (χ1) is 18.6. The Labute approximate surface area is 227 Å². The fourth-order valence-electron chi connectivity index (χ4n) is 6.00. The zero-order valence-corrected chi connectivity index (χ0v) is 23.2. The van der Waals surface area contributed by atoms with Gasteiger partial charge in [-0.1, -0.05) is 76.3 Å². The second kappa shape index (κ2) is 14.2. The van der Waals surface area contributed by atoms with Crippen LogP contribution in [0, 0.1) is 11.8 Å². The quantitative estimate of drug-likeness (QED) is 0.315. The Morgan fingerprint density at radius 2 is 1.05 bits per heavy atom. The molecule has 2 aromatic rings. The summed E-state index contributed by atoms with van der Waals surface area (Å²) in [6.07, 6.45) is 15.8. The van der Waals surface area contributed by atoms with Gasteiger partial charge in [-0.2, -0.15) is 0 Å². The van der Waals surface area contributed by atoms with Gasteiger partial charge in [-0.15, -0.1) is 0 Å². The van der Waals surface area contributed by atoms with Gasteiger partial charge in [0.15, 0.2) is 0 Å². The van der Waals surface area contributed by atoms with Crippen molar-refractivity contribution in [2.75, 3.05) is 24.9 Å². The third kappa shape index (κ3) is 7.99. The molecule has 2 aliphatic carbocycles. The average Bonchev–Trinajstić information content (AvgIpc) is 2.96. The highest BCUT2D eigenvalue weighted by Gasteiger charge is 2.18. The minimum absolute atomic E-state index is 0.0341. The fraction of sp³-hybridized carbons (Fsp3) is 0.562. The number of amides is 2. The van der Waals surface area contributed by atoms with E-state index in [0.717, 1.165) is 24.0 Å². The predicted octanol–water partition coefficient (Wildman–Crippen LogP) is 7.97. The predicted molar refractivity (Wildman–Crippen MR) is 154 cm³/mol. The second-order valence-electron chi connectivity index (χ2n) is 11.0. The SMILES string of the molecule is COc1cc(-c2ccc(NC(=O)CCC3CCCCC3)c(OC)c2)ccc1NC(=O)CCC1CCCCC1. The van der Waals surface area contributed by atoms with E-state index in [1.54, 1.807) is 14.2 Å². The van der Waals surface area contributed by atoms with E-state index < -0.39 is 0 Å². The molecule has 0 aromatic heterocycles. The molecular weight excluding hydrogens is 476 g/mol. The number of carbonyl (C=O) groups is 2. The van der Waals surface area contributed by atoms with Gasteiger partial charge < -0.3 is 20.1 Å². The molecule has 2 saturated carbocycles. The first kappa shape index (κ1) is 28.0. The molecule has 4 rings (SSSR count). The average molecular weight is 521 g/mol. The molecule has 0 atom stereocenters. The zero-order chi connectivity index (χ0) is 26.7. The van der Waals surface area contributed by atoms with Crippen LogP contribution in [0.3, 0.4) is 0 Å². The molecule has 2 N–H and O–H groups in total. The molecule has 0 radical (unpaired) electrons. The Kier molecular flexibility index (Phi) is 10.5. The lowest BCUT2D eigenvalue weighted by atomic mass is 9.86. The third-order valence-corrected chi connectivity index (χ3v) is 8.29. The molecule has 0 unspecified atom stereocenters.